The maximum Gasteiger partial charge on any atom is 0.243 e. The Bertz CT molecular complexity index is 787. The van der Waals surface area contributed by atoms with Gasteiger partial charge in [-0.1, -0.05) is 30.3 Å². The van der Waals surface area contributed by atoms with Crippen molar-refractivity contribution in [3.8, 4) is 11.5 Å². The number of benzene rings is 2. The minimum absolute atomic E-state index is 0.00403. The average Bonchev–Trinajstić information content (AvgIpc) is 3.47. The molecule has 5 heteroatoms. The molecule has 1 amide bonds. The SMILES string of the molecule is COc1ccc(C(C)=NNC(=O)[C@@H]2C[C@@H]2c2ccccc2)cc1OC. The van der Waals surface area contributed by atoms with Crippen molar-refractivity contribution in [1.82, 2.24) is 5.43 Å². The molecule has 5 nitrogen and oxygen atoms in total. The summed E-state index contributed by atoms with van der Waals surface area (Å²) < 4.78 is 10.5. The van der Waals surface area contributed by atoms with Crippen LogP contribution in [0.4, 0.5) is 0 Å². The van der Waals surface area contributed by atoms with Gasteiger partial charge < -0.3 is 9.47 Å². The van der Waals surface area contributed by atoms with E-state index in [1.807, 2.05) is 43.3 Å². The van der Waals surface area contributed by atoms with Gasteiger partial charge in [-0.05, 0) is 43.0 Å². The van der Waals surface area contributed by atoms with Crippen molar-refractivity contribution in [1.29, 1.82) is 0 Å². The van der Waals surface area contributed by atoms with Crippen molar-refractivity contribution < 1.29 is 14.3 Å². The molecule has 0 spiro atoms. The first kappa shape index (κ1) is 17.0. The van der Waals surface area contributed by atoms with Crippen LogP contribution in [-0.2, 0) is 4.79 Å². The molecule has 1 saturated carbocycles. The third kappa shape index (κ3) is 3.82. The van der Waals surface area contributed by atoms with Crippen molar-refractivity contribution in [2.45, 2.75) is 19.3 Å². The molecule has 1 aliphatic rings. The van der Waals surface area contributed by atoms with E-state index in [1.54, 1.807) is 14.2 Å². The van der Waals surface area contributed by atoms with Gasteiger partial charge in [-0.3, -0.25) is 4.79 Å². The van der Waals surface area contributed by atoms with E-state index in [2.05, 4.69) is 22.7 Å². The van der Waals surface area contributed by atoms with Crippen LogP contribution >= 0.6 is 0 Å². The molecule has 2 atom stereocenters. The third-order valence-electron chi connectivity index (χ3n) is 4.49. The lowest BCUT2D eigenvalue weighted by Gasteiger charge is -2.09. The molecule has 3 rings (SSSR count). The summed E-state index contributed by atoms with van der Waals surface area (Å²) in [5, 5.41) is 4.24. The number of hydrogen-bond donors (Lipinski definition) is 1. The Morgan fingerprint density at radius 2 is 1.80 bits per heavy atom. The molecule has 2 aromatic rings. The topological polar surface area (TPSA) is 59.9 Å². The quantitative estimate of drug-likeness (QED) is 0.649. The van der Waals surface area contributed by atoms with Crippen molar-refractivity contribution in [2.75, 3.05) is 14.2 Å². The Balaban J connectivity index is 1.63. The van der Waals surface area contributed by atoms with Gasteiger partial charge in [0.15, 0.2) is 11.5 Å². The van der Waals surface area contributed by atoms with Crippen molar-refractivity contribution in [3.63, 3.8) is 0 Å². The van der Waals surface area contributed by atoms with E-state index < -0.39 is 0 Å². The summed E-state index contributed by atoms with van der Waals surface area (Å²) in [6.45, 7) is 1.85. The Labute approximate surface area is 147 Å². The second kappa shape index (κ2) is 7.38. The van der Waals surface area contributed by atoms with Gasteiger partial charge in [0.05, 0.1) is 19.9 Å². The van der Waals surface area contributed by atoms with Crippen LogP contribution in [0.5, 0.6) is 11.5 Å². The zero-order valence-electron chi connectivity index (χ0n) is 14.7. The number of methoxy groups -OCH3 is 2. The summed E-state index contributed by atoms with van der Waals surface area (Å²) in [5.41, 5.74) is 5.48. The molecular weight excluding hydrogens is 316 g/mol. The van der Waals surface area contributed by atoms with Crippen molar-refractivity contribution >= 4 is 11.6 Å². The van der Waals surface area contributed by atoms with Gasteiger partial charge in [-0.25, -0.2) is 5.43 Å². The number of carbonyl (C=O) groups excluding carboxylic acids is 1. The molecule has 0 unspecified atom stereocenters. The number of nitrogens with one attached hydrogen (secondary N) is 1. The van der Waals surface area contributed by atoms with Crippen LogP contribution in [0.25, 0.3) is 0 Å². The van der Waals surface area contributed by atoms with Crippen molar-refractivity contribution in [3.05, 3.63) is 59.7 Å². The molecule has 1 aliphatic carbocycles. The van der Waals surface area contributed by atoms with Crippen LogP contribution in [0.15, 0.2) is 53.6 Å². The second-order valence-corrected chi connectivity index (χ2v) is 6.10. The second-order valence-electron chi connectivity index (χ2n) is 6.10. The number of hydrogen-bond acceptors (Lipinski definition) is 4. The molecule has 25 heavy (non-hydrogen) atoms. The molecular formula is C20H22N2O3. The first-order chi connectivity index (χ1) is 12.1. The van der Waals surface area contributed by atoms with Crippen LogP contribution in [0, 0.1) is 5.92 Å². The number of nitrogens with zero attached hydrogens (tertiary/aromatic N) is 1. The van der Waals surface area contributed by atoms with Gasteiger partial charge >= 0.3 is 0 Å². The minimum Gasteiger partial charge on any atom is -0.493 e. The summed E-state index contributed by atoms with van der Waals surface area (Å²) in [6.07, 6.45) is 0.876. The third-order valence-corrected chi connectivity index (χ3v) is 4.49. The molecule has 0 radical (unpaired) electrons. The first-order valence-corrected chi connectivity index (χ1v) is 8.25. The van der Waals surface area contributed by atoms with Gasteiger partial charge in [-0.15, -0.1) is 0 Å². The molecule has 0 heterocycles. The number of ether oxygens (including phenoxy) is 2. The fraction of sp³-hybridized carbons (Fsp3) is 0.300. The predicted molar refractivity (Wildman–Crippen MR) is 97.2 cm³/mol. The zero-order valence-corrected chi connectivity index (χ0v) is 14.7. The maximum absolute atomic E-state index is 12.3. The molecule has 0 saturated heterocycles. The fourth-order valence-electron chi connectivity index (χ4n) is 2.90. The molecule has 0 aromatic heterocycles. The molecule has 1 fully saturated rings. The maximum atomic E-state index is 12.3. The fourth-order valence-corrected chi connectivity index (χ4v) is 2.90. The standard InChI is InChI=1S/C20H22N2O3/c1-13(15-9-10-18(24-2)19(11-15)25-3)21-22-20(23)17-12-16(17)14-7-5-4-6-8-14/h4-11,16-17H,12H2,1-3H3,(H,22,23)/t16-,17-/m1/s1. The summed E-state index contributed by atoms with van der Waals surface area (Å²) in [5.74, 6) is 1.56. The van der Waals surface area contributed by atoms with Crippen LogP contribution < -0.4 is 14.9 Å². The molecule has 1 N–H and O–H groups in total. The molecule has 0 bridgehead atoms. The molecule has 0 aliphatic heterocycles. The number of rotatable bonds is 6. The van der Waals surface area contributed by atoms with Gasteiger partial charge in [0, 0.05) is 11.5 Å². The lowest BCUT2D eigenvalue weighted by Crippen LogP contribution is -2.21. The summed E-state index contributed by atoms with van der Waals surface area (Å²) in [6, 6.07) is 15.7. The first-order valence-electron chi connectivity index (χ1n) is 8.25. The highest BCUT2D eigenvalue weighted by molar-refractivity contribution is 6.00. The Morgan fingerprint density at radius 1 is 1.08 bits per heavy atom. The summed E-state index contributed by atoms with van der Waals surface area (Å²) in [4.78, 5) is 12.3. The van der Waals surface area contributed by atoms with Gasteiger partial charge in [-0.2, -0.15) is 5.10 Å². The van der Waals surface area contributed by atoms with Crippen LogP contribution in [0.3, 0.4) is 0 Å². The van der Waals surface area contributed by atoms with Crippen LogP contribution in [0.2, 0.25) is 0 Å². The van der Waals surface area contributed by atoms with Crippen LogP contribution in [-0.4, -0.2) is 25.8 Å². The van der Waals surface area contributed by atoms with E-state index in [4.69, 9.17) is 9.47 Å². The largest absolute Gasteiger partial charge is 0.493 e. The lowest BCUT2D eigenvalue weighted by atomic mass is 10.1. The molecule has 2 aromatic carbocycles. The van der Waals surface area contributed by atoms with E-state index in [0.717, 1.165) is 12.0 Å². The van der Waals surface area contributed by atoms with Gasteiger partial charge in [0.1, 0.15) is 0 Å². The Kier molecular flexibility index (Phi) is 5.03. The Morgan fingerprint density at radius 3 is 2.48 bits per heavy atom. The summed E-state index contributed by atoms with van der Waals surface area (Å²) in [7, 11) is 3.18. The van der Waals surface area contributed by atoms with E-state index in [0.29, 0.717) is 23.1 Å². The van der Waals surface area contributed by atoms with Crippen molar-refractivity contribution in [2.24, 2.45) is 11.0 Å². The van der Waals surface area contributed by atoms with Crippen LogP contribution in [0.1, 0.15) is 30.4 Å². The normalized spacial score (nSPS) is 19.2. The minimum atomic E-state index is -0.0336. The number of carbonyl (C=O) groups is 1. The van der Waals surface area contributed by atoms with E-state index in [9.17, 15) is 4.79 Å². The summed E-state index contributed by atoms with van der Waals surface area (Å²) >= 11 is 0. The highest BCUT2D eigenvalue weighted by Gasteiger charge is 2.43. The highest BCUT2D eigenvalue weighted by atomic mass is 16.5. The number of hydrazone groups is 1. The van der Waals surface area contributed by atoms with Gasteiger partial charge in [0.2, 0.25) is 5.91 Å². The lowest BCUT2D eigenvalue weighted by molar-refractivity contribution is -0.122. The predicted octanol–water partition coefficient (Wildman–Crippen LogP) is 3.35. The smallest absolute Gasteiger partial charge is 0.243 e. The monoisotopic (exact) mass is 338 g/mol. The average molecular weight is 338 g/mol. The zero-order chi connectivity index (χ0) is 17.8. The van der Waals surface area contributed by atoms with E-state index >= 15 is 0 Å². The number of amides is 1. The highest BCUT2D eigenvalue weighted by Crippen LogP contribution is 2.47. The van der Waals surface area contributed by atoms with E-state index in [1.165, 1.54) is 5.56 Å². The molecule has 130 valence electrons. The van der Waals surface area contributed by atoms with E-state index in [-0.39, 0.29) is 11.8 Å². The van der Waals surface area contributed by atoms with Gasteiger partial charge in [0.25, 0.3) is 0 Å². The Hall–Kier alpha value is -2.82.